The fraction of sp³-hybridized carbons (Fsp3) is 0.467. The number of nitrogens with one attached hydrogen (secondary N) is 1. The van der Waals surface area contributed by atoms with Gasteiger partial charge in [-0.15, -0.1) is 0 Å². The van der Waals surface area contributed by atoms with Crippen LogP contribution in [0.5, 0.6) is 0 Å². The van der Waals surface area contributed by atoms with Gasteiger partial charge in [0.15, 0.2) is 5.82 Å². The van der Waals surface area contributed by atoms with Crippen molar-refractivity contribution in [1.29, 1.82) is 0 Å². The summed E-state index contributed by atoms with van der Waals surface area (Å²) in [6.45, 7) is 6.18. The average Bonchev–Trinajstić information content (AvgIpc) is 2.88. The highest BCUT2D eigenvalue weighted by Crippen LogP contribution is 2.24. The first-order chi connectivity index (χ1) is 9.61. The third-order valence-electron chi connectivity index (χ3n) is 3.20. The van der Waals surface area contributed by atoms with Crippen LogP contribution < -0.4 is 5.32 Å². The zero-order valence-corrected chi connectivity index (χ0v) is 12.8. The summed E-state index contributed by atoms with van der Waals surface area (Å²) < 4.78 is 5.29. The quantitative estimate of drug-likeness (QED) is 0.871. The Hall–Kier alpha value is -1.39. The summed E-state index contributed by atoms with van der Waals surface area (Å²) in [5.74, 6) is 1.38. The summed E-state index contributed by atoms with van der Waals surface area (Å²) in [5.41, 5.74) is 1.06. The van der Waals surface area contributed by atoms with Gasteiger partial charge in [0.2, 0.25) is 5.89 Å². The minimum atomic E-state index is -0.0145. The molecule has 0 saturated carbocycles. The fourth-order valence-corrected chi connectivity index (χ4v) is 2.43. The van der Waals surface area contributed by atoms with Crippen LogP contribution in [0.25, 0.3) is 0 Å². The number of nitrogens with zero attached hydrogens (tertiary/aromatic N) is 2. The van der Waals surface area contributed by atoms with E-state index in [4.69, 9.17) is 16.1 Å². The van der Waals surface area contributed by atoms with Crippen LogP contribution in [0.15, 0.2) is 28.8 Å². The summed E-state index contributed by atoms with van der Waals surface area (Å²) in [6.07, 6.45) is 1.85. The smallest absolute Gasteiger partial charge is 0.243 e. The van der Waals surface area contributed by atoms with E-state index in [1.807, 2.05) is 31.2 Å². The largest absolute Gasteiger partial charge is 0.338 e. The highest BCUT2D eigenvalue weighted by Gasteiger charge is 2.18. The van der Waals surface area contributed by atoms with Crippen molar-refractivity contribution in [2.75, 3.05) is 0 Å². The highest BCUT2D eigenvalue weighted by atomic mass is 35.5. The number of hydrogen-bond acceptors (Lipinski definition) is 4. The molecule has 2 atom stereocenters. The Kier molecular flexibility index (Phi) is 5.15. The van der Waals surface area contributed by atoms with Gasteiger partial charge in [-0.25, -0.2) is 0 Å². The van der Waals surface area contributed by atoms with E-state index in [1.54, 1.807) is 0 Å². The van der Waals surface area contributed by atoms with Gasteiger partial charge in [-0.1, -0.05) is 41.9 Å². The topological polar surface area (TPSA) is 51.0 Å². The van der Waals surface area contributed by atoms with Crippen LogP contribution in [-0.4, -0.2) is 10.1 Å². The van der Waals surface area contributed by atoms with Crippen molar-refractivity contribution >= 4 is 11.6 Å². The van der Waals surface area contributed by atoms with Gasteiger partial charge >= 0.3 is 0 Å². The van der Waals surface area contributed by atoms with E-state index in [9.17, 15) is 0 Å². The van der Waals surface area contributed by atoms with E-state index < -0.39 is 0 Å². The van der Waals surface area contributed by atoms with Crippen molar-refractivity contribution in [3.05, 3.63) is 46.6 Å². The van der Waals surface area contributed by atoms with Gasteiger partial charge in [0.05, 0.1) is 6.04 Å². The molecule has 5 heteroatoms. The SMILES string of the molecule is CCCc1noc([C@@H](C)N[C@H](C)c2ccccc2Cl)n1. The lowest BCUT2D eigenvalue weighted by molar-refractivity contribution is 0.325. The van der Waals surface area contributed by atoms with Gasteiger partial charge in [0.25, 0.3) is 0 Å². The molecule has 0 fully saturated rings. The molecule has 1 N–H and O–H groups in total. The normalized spacial score (nSPS) is 14.2. The summed E-state index contributed by atoms with van der Waals surface area (Å²) >= 11 is 6.20. The molecule has 1 heterocycles. The van der Waals surface area contributed by atoms with Crippen molar-refractivity contribution < 1.29 is 4.52 Å². The summed E-state index contributed by atoms with van der Waals surface area (Å²) in [7, 11) is 0. The molecule has 0 aliphatic rings. The summed E-state index contributed by atoms with van der Waals surface area (Å²) in [6, 6.07) is 7.92. The minimum absolute atomic E-state index is 0.0145. The highest BCUT2D eigenvalue weighted by molar-refractivity contribution is 6.31. The van der Waals surface area contributed by atoms with Gasteiger partial charge in [0, 0.05) is 17.5 Å². The zero-order chi connectivity index (χ0) is 14.5. The third kappa shape index (κ3) is 3.58. The molecule has 0 bridgehead atoms. The van der Waals surface area contributed by atoms with E-state index in [-0.39, 0.29) is 12.1 Å². The molecule has 0 aliphatic heterocycles. The molecular weight excluding hydrogens is 274 g/mol. The molecule has 0 spiro atoms. The second-order valence-corrected chi connectivity index (χ2v) is 5.34. The van der Waals surface area contributed by atoms with Gasteiger partial charge in [-0.05, 0) is 31.9 Å². The third-order valence-corrected chi connectivity index (χ3v) is 3.54. The van der Waals surface area contributed by atoms with E-state index in [1.165, 1.54) is 0 Å². The lowest BCUT2D eigenvalue weighted by atomic mass is 10.1. The Morgan fingerprint density at radius 3 is 2.70 bits per heavy atom. The molecule has 0 unspecified atom stereocenters. The average molecular weight is 294 g/mol. The Balaban J connectivity index is 2.03. The predicted molar refractivity (Wildman–Crippen MR) is 79.7 cm³/mol. The molecule has 2 rings (SSSR count). The van der Waals surface area contributed by atoms with Crippen LogP contribution in [-0.2, 0) is 6.42 Å². The van der Waals surface area contributed by atoms with Crippen molar-refractivity contribution in [2.24, 2.45) is 0 Å². The van der Waals surface area contributed by atoms with E-state index in [0.29, 0.717) is 5.89 Å². The molecule has 20 heavy (non-hydrogen) atoms. The molecule has 0 amide bonds. The summed E-state index contributed by atoms with van der Waals surface area (Å²) in [4.78, 5) is 4.40. The standard InChI is InChI=1S/C15H20ClN3O/c1-4-7-14-18-15(20-19-14)11(3)17-10(2)12-8-5-6-9-13(12)16/h5-6,8-11,17H,4,7H2,1-3H3/t10-,11-/m1/s1. The molecule has 1 aromatic heterocycles. The number of benzene rings is 1. The van der Waals surface area contributed by atoms with Gasteiger partial charge in [-0.3, -0.25) is 5.32 Å². The maximum Gasteiger partial charge on any atom is 0.243 e. The van der Waals surface area contributed by atoms with Crippen LogP contribution in [0.1, 0.15) is 56.6 Å². The van der Waals surface area contributed by atoms with Gasteiger partial charge in [0.1, 0.15) is 0 Å². The summed E-state index contributed by atoms with van der Waals surface area (Å²) in [5, 5.41) is 8.16. The maximum absolute atomic E-state index is 6.20. The number of rotatable bonds is 6. The lowest BCUT2D eigenvalue weighted by Crippen LogP contribution is -2.23. The van der Waals surface area contributed by atoms with Crippen LogP contribution >= 0.6 is 11.6 Å². The lowest BCUT2D eigenvalue weighted by Gasteiger charge is -2.18. The van der Waals surface area contributed by atoms with Crippen LogP contribution in [0, 0.1) is 0 Å². The Bertz CT molecular complexity index is 556. The van der Waals surface area contributed by atoms with Crippen molar-refractivity contribution in [2.45, 2.75) is 45.7 Å². The van der Waals surface area contributed by atoms with Gasteiger partial charge in [-0.2, -0.15) is 4.98 Å². The number of hydrogen-bond donors (Lipinski definition) is 1. The molecule has 0 saturated heterocycles. The molecule has 2 aromatic rings. The molecule has 108 valence electrons. The maximum atomic E-state index is 6.20. The Labute approximate surface area is 124 Å². The molecule has 4 nitrogen and oxygen atoms in total. The Morgan fingerprint density at radius 1 is 1.25 bits per heavy atom. The van der Waals surface area contributed by atoms with Crippen LogP contribution in [0.2, 0.25) is 5.02 Å². The van der Waals surface area contributed by atoms with Crippen molar-refractivity contribution in [3.8, 4) is 0 Å². The van der Waals surface area contributed by atoms with Crippen LogP contribution in [0.4, 0.5) is 0 Å². The van der Waals surface area contributed by atoms with E-state index in [0.717, 1.165) is 29.3 Å². The molecular formula is C15H20ClN3O. The van der Waals surface area contributed by atoms with E-state index in [2.05, 4.69) is 29.3 Å². The van der Waals surface area contributed by atoms with Crippen molar-refractivity contribution in [3.63, 3.8) is 0 Å². The Morgan fingerprint density at radius 2 is 2.00 bits per heavy atom. The minimum Gasteiger partial charge on any atom is -0.338 e. The first kappa shape index (κ1) is 15.0. The monoisotopic (exact) mass is 293 g/mol. The first-order valence-corrected chi connectivity index (χ1v) is 7.32. The first-order valence-electron chi connectivity index (χ1n) is 6.94. The number of halogens is 1. The van der Waals surface area contributed by atoms with Crippen molar-refractivity contribution in [1.82, 2.24) is 15.5 Å². The number of aromatic nitrogens is 2. The molecule has 1 aromatic carbocycles. The second-order valence-electron chi connectivity index (χ2n) is 4.93. The van der Waals surface area contributed by atoms with E-state index >= 15 is 0 Å². The number of aryl methyl sites for hydroxylation is 1. The second kappa shape index (κ2) is 6.86. The zero-order valence-electron chi connectivity index (χ0n) is 12.1. The van der Waals surface area contributed by atoms with Gasteiger partial charge < -0.3 is 4.52 Å². The molecule has 0 aliphatic carbocycles. The predicted octanol–water partition coefficient (Wildman–Crippen LogP) is 4.09. The molecule has 0 radical (unpaired) electrons. The fourth-order valence-electron chi connectivity index (χ4n) is 2.13. The van der Waals surface area contributed by atoms with Crippen LogP contribution in [0.3, 0.4) is 0 Å².